The van der Waals surface area contributed by atoms with E-state index in [1.807, 2.05) is 6.20 Å². The van der Waals surface area contributed by atoms with E-state index >= 15 is 0 Å². The SMILES string of the molecule is Cc1[nH]ncc1CN[C@@H]1CCN(c2ccc(Br)cc2)C1. The molecule has 5 heteroatoms. The number of H-pyrrole nitrogens is 1. The first-order valence-electron chi connectivity index (χ1n) is 6.95. The maximum atomic E-state index is 4.06. The zero-order chi connectivity index (χ0) is 13.9. The standard InChI is InChI=1S/C15H19BrN4/c1-11-12(9-18-19-11)8-17-14-6-7-20(10-14)15-4-2-13(16)3-5-15/h2-5,9,14,17H,6-8,10H2,1H3,(H,18,19)/t14-/m1/s1. The highest BCUT2D eigenvalue weighted by Crippen LogP contribution is 2.22. The van der Waals surface area contributed by atoms with E-state index in [9.17, 15) is 0 Å². The number of hydrogen-bond acceptors (Lipinski definition) is 3. The molecular formula is C15H19BrN4. The van der Waals surface area contributed by atoms with Gasteiger partial charge in [0.25, 0.3) is 0 Å². The number of hydrogen-bond donors (Lipinski definition) is 2. The zero-order valence-corrected chi connectivity index (χ0v) is 13.2. The van der Waals surface area contributed by atoms with Crippen LogP contribution in [0.2, 0.25) is 0 Å². The molecular weight excluding hydrogens is 316 g/mol. The number of rotatable bonds is 4. The van der Waals surface area contributed by atoms with Gasteiger partial charge < -0.3 is 10.2 Å². The van der Waals surface area contributed by atoms with Gasteiger partial charge in [-0.2, -0.15) is 5.10 Å². The monoisotopic (exact) mass is 334 g/mol. The Balaban J connectivity index is 1.54. The molecule has 0 unspecified atom stereocenters. The molecule has 1 fully saturated rings. The fourth-order valence-corrected chi connectivity index (χ4v) is 2.89. The summed E-state index contributed by atoms with van der Waals surface area (Å²) in [6.45, 7) is 5.14. The molecule has 0 spiro atoms. The van der Waals surface area contributed by atoms with Crippen molar-refractivity contribution in [1.82, 2.24) is 15.5 Å². The lowest BCUT2D eigenvalue weighted by Gasteiger charge is -2.19. The molecule has 2 N–H and O–H groups in total. The normalized spacial score (nSPS) is 18.7. The van der Waals surface area contributed by atoms with Gasteiger partial charge in [0.1, 0.15) is 0 Å². The van der Waals surface area contributed by atoms with Crippen molar-refractivity contribution in [3.8, 4) is 0 Å². The Labute approximate surface area is 127 Å². The lowest BCUT2D eigenvalue weighted by molar-refractivity contribution is 0.550. The van der Waals surface area contributed by atoms with Crippen molar-refractivity contribution in [2.45, 2.75) is 25.9 Å². The fraction of sp³-hybridized carbons (Fsp3) is 0.400. The molecule has 1 atom stereocenters. The van der Waals surface area contributed by atoms with Crippen LogP contribution in [0.25, 0.3) is 0 Å². The predicted molar refractivity (Wildman–Crippen MR) is 84.9 cm³/mol. The quantitative estimate of drug-likeness (QED) is 0.903. The Morgan fingerprint density at radius 1 is 1.40 bits per heavy atom. The molecule has 0 saturated carbocycles. The minimum absolute atomic E-state index is 0.549. The number of nitrogens with zero attached hydrogens (tertiary/aromatic N) is 2. The summed E-state index contributed by atoms with van der Waals surface area (Å²) < 4.78 is 1.13. The third-order valence-electron chi connectivity index (χ3n) is 3.90. The van der Waals surface area contributed by atoms with E-state index < -0.39 is 0 Å². The average Bonchev–Trinajstić information content (AvgIpc) is 3.06. The second-order valence-corrected chi connectivity index (χ2v) is 6.22. The van der Waals surface area contributed by atoms with E-state index in [1.165, 1.54) is 17.7 Å². The largest absolute Gasteiger partial charge is 0.370 e. The minimum Gasteiger partial charge on any atom is -0.370 e. The third kappa shape index (κ3) is 3.04. The number of benzene rings is 1. The second-order valence-electron chi connectivity index (χ2n) is 5.31. The van der Waals surface area contributed by atoms with Gasteiger partial charge in [-0.05, 0) is 37.6 Å². The van der Waals surface area contributed by atoms with Gasteiger partial charge in [-0.15, -0.1) is 0 Å². The number of nitrogens with one attached hydrogen (secondary N) is 2. The maximum absolute atomic E-state index is 4.06. The van der Waals surface area contributed by atoms with E-state index in [1.54, 1.807) is 0 Å². The summed E-state index contributed by atoms with van der Waals surface area (Å²) >= 11 is 3.48. The van der Waals surface area contributed by atoms with Gasteiger partial charge in [-0.1, -0.05) is 15.9 Å². The van der Waals surface area contributed by atoms with Crippen LogP contribution in [0, 0.1) is 6.92 Å². The van der Waals surface area contributed by atoms with Gasteiger partial charge in [-0.3, -0.25) is 5.10 Å². The Kier molecular flexibility index (Phi) is 4.08. The molecule has 106 valence electrons. The molecule has 2 heterocycles. The highest BCUT2D eigenvalue weighted by Gasteiger charge is 2.22. The fourth-order valence-electron chi connectivity index (χ4n) is 2.62. The predicted octanol–water partition coefficient (Wildman–Crippen LogP) is 2.85. The van der Waals surface area contributed by atoms with E-state index in [2.05, 4.69) is 67.5 Å². The molecule has 3 rings (SSSR count). The Morgan fingerprint density at radius 3 is 2.90 bits per heavy atom. The van der Waals surface area contributed by atoms with Gasteiger partial charge >= 0.3 is 0 Å². The third-order valence-corrected chi connectivity index (χ3v) is 4.42. The number of anilines is 1. The lowest BCUT2D eigenvalue weighted by atomic mass is 10.2. The van der Waals surface area contributed by atoms with Gasteiger partial charge in [-0.25, -0.2) is 0 Å². The van der Waals surface area contributed by atoms with Crippen LogP contribution in [-0.2, 0) is 6.54 Å². The first kappa shape index (κ1) is 13.6. The maximum Gasteiger partial charge on any atom is 0.0535 e. The number of aryl methyl sites for hydroxylation is 1. The molecule has 1 saturated heterocycles. The first-order valence-corrected chi connectivity index (χ1v) is 7.74. The molecule has 1 aromatic carbocycles. The molecule has 0 aliphatic carbocycles. The number of aromatic nitrogens is 2. The van der Waals surface area contributed by atoms with Crippen LogP contribution < -0.4 is 10.2 Å². The number of halogens is 1. The van der Waals surface area contributed by atoms with Crippen molar-refractivity contribution in [2.75, 3.05) is 18.0 Å². The van der Waals surface area contributed by atoms with Crippen molar-refractivity contribution >= 4 is 21.6 Å². The molecule has 0 bridgehead atoms. The van der Waals surface area contributed by atoms with Crippen molar-refractivity contribution in [3.63, 3.8) is 0 Å². The van der Waals surface area contributed by atoms with Crippen molar-refractivity contribution in [3.05, 3.63) is 46.2 Å². The molecule has 0 radical (unpaired) electrons. The van der Waals surface area contributed by atoms with Crippen LogP contribution in [-0.4, -0.2) is 29.3 Å². The summed E-state index contributed by atoms with van der Waals surface area (Å²) in [4.78, 5) is 2.44. The van der Waals surface area contributed by atoms with Gasteiger partial charge in [0.05, 0.1) is 6.20 Å². The summed E-state index contributed by atoms with van der Waals surface area (Å²) in [6.07, 6.45) is 3.09. The first-order chi connectivity index (χ1) is 9.72. The van der Waals surface area contributed by atoms with Crippen LogP contribution in [0.5, 0.6) is 0 Å². The number of aromatic amines is 1. The molecule has 1 aliphatic heterocycles. The van der Waals surface area contributed by atoms with Crippen LogP contribution in [0.3, 0.4) is 0 Å². The van der Waals surface area contributed by atoms with Crippen LogP contribution in [0.1, 0.15) is 17.7 Å². The molecule has 2 aromatic rings. The van der Waals surface area contributed by atoms with E-state index in [0.29, 0.717) is 6.04 Å². The summed E-state index contributed by atoms with van der Waals surface area (Å²) in [5, 5.41) is 10.7. The summed E-state index contributed by atoms with van der Waals surface area (Å²) in [7, 11) is 0. The minimum atomic E-state index is 0.549. The molecule has 20 heavy (non-hydrogen) atoms. The van der Waals surface area contributed by atoms with Crippen molar-refractivity contribution in [1.29, 1.82) is 0 Å². The summed E-state index contributed by atoms with van der Waals surface area (Å²) in [5.41, 5.74) is 3.71. The Morgan fingerprint density at radius 2 is 2.20 bits per heavy atom. The Hall–Kier alpha value is -1.33. The van der Waals surface area contributed by atoms with Crippen molar-refractivity contribution < 1.29 is 0 Å². The van der Waals surface area contributed by atoms with Crippen LogP contribution in [0.15, 0.2) is 34.9 Å². The van der Waals surface area contributed by atoms with Crippen LogP contribution >= 0.6 is 15.9 Å². The molecule has 0 amide bonds. The lowest BCUT2D eigenvalue weighted by Crippen LogP contribution is -2.32. The summed E-state index contributed by atoms with van der Waals surface area (Å²) in [6, 6.07) is 9.10. The van der Waals surface area contributed by atoms with E-state index in [4.69, 9.17) is 0 Å². The molecule has 1 aromatic heterocycles. The smallest absolute Gasteiger partial charge is 0.0535 e. The van der Waals surface area contributed by atoms with Gasteiger partial charge in [0.2, 0.25) is 0 Å². The topological polar surface area (TPSA) is 44.0 Å². The van der Waals surface area contributed by atoms with Gasteiger partial charge in [0, 0.05) is 47.1 Å². The zero-order valence-electron chi connectivity index (χ0n) is 11.6. The van der Waals surface area contributed by atoms with Crippen molar-refractivity contribution in [2.24, 2.45) is 0 Å². The van der Waals surface area contributed by atoms with E-state index in [0.717, 1.165) is 29.8 Å². The summed E-state index contributed by atoms with van der Waals surface area (Å²) in [5.74, 6) is 0. The Bertz CT molecular complexity index is 564. The highest BCUT2D eigenvalue weighted by molar-refractivity contribution is 9.10. The van der Waals surface area contributed by atoms with Gasteiger partial charge in [0.15, 0.2) is 0 Å². The molecule has 4 nitrogen and oxygen atoms in total. The average molecular weight is 335 g/mol. The molecule has 1 aliphatic rings. The van der Waals surface area contributed by atoms with E-state index in [-0.39, 0.29) is 0 Å². The highest BCUT2D eigenvalue weighted by atomic mass is 79.9. The second kappa shape index (κ2) is 5.97. The van der Waals surface area contributed by atoms with Crippen LogP contribution in [0.4, 0.5) is 5.69 Å².